The van der Waals surface area contributed by atoms with E-state index in [0.29, 0.717) is 0 Å². The third kappa shape index (κ3) is 4.62. The van der Waals surface area contributed by atoms with E-state index in [1.807, 2.05) is 0 Å². The number of nitrogens with one attached hydrogen (secondary N) is 1. The highest BCUT2D eigenvalue weighted by Crippen LogP contribution is 2.22. The lowest BCUT2D eigenvalue weighted by atomic mass is 9.89. The van der Waals surface area contributed by atoms with Gasteiger partial charge >= 0.3 is 0 Å². The largest absolute Gasteiger partial charge is 0.305 e. The molecule has 0 spiro atoms. The Hall–Kier alpha value is 0.210. The van der Waals surface area contributed by atoms with Crippen LogP contribution in [0.3, 0.4) is 0 Å². The second-order valence-corrected chi connectivity index (χ2v) is 3.06. The molecule has 11 heavy (non-hydrogen) atoms. The Kier molecular flexibility index (Phi) is 7.02. The maximum Gasteiger partial charge on any atom is 0.0572 e. The minimum absolute atomic E-state index is 0. The van der Waals surface area contributed by atoms with Crippen LogP contribution in [0.1, 0.15) is 32.1 Å². The lowest BCUT2D eigenvalue weighted by molar-refractivity contribution is 0.0744. The second kappa shape index (κ2) is 6.89. The normalized spacial score (nSPS) is 19.4. The summed E-state index contributed by atoms with van der Waals surface area (Å²) in [4.78, 5) is 4.79. The van der Waals surface area contributed by atoms with Gasteiger partial charge in [-0.25, -0.2) is 5.48 Å². The van der Waals surface area contributed by atoms with Gasteiger partial charge in [0.15, 0.2) is 0 Å². The molecule has 0 saturated heterocycles. The van der Waals surface area contributed by atoms with Crippen molar-refractivity contribution in [2.75, 3.05) is 13.7 Å². The molecular weight excluding hydrogens is 162 g/mol. The molecule has 1 N–H and O–H groups in total. The third-order valence-corrected chi connectivity index (χ3v) is 2.24. The van der Waals surface area contributed by atoms with E-state index in [9.17, 15) is 0 Å². The molecule has 0 aromatic carbocycles. The first-order valence-electron chi connectivity index (χ1n) is 4.19. The van der Waals surface area contributed by atoms with Crippen LogP contribution in [-0.2, 0) is 4.84 Å². The fourth-order valence-electron chi connectivity index (χ4n) is 1.59. The van der Waals surface area contributed by atoms with E-state index in [2.05, 4.69) is 5.48 Å². The van der Waals surface area contributed by atoms with Crippen LogP contribution in [0.15, 0.2) is 0 Å². The Labute approximate surface area is 75.1 Å². The predicted molar refractivity (Wildman–Crippen MR) is 48.8 cm³/mol. The highest BCUT2D eigenvalue weighted by molar-refractivity contribution is 5.85. The summed E-state index contributed by atoms with van der Waals surface area (Å²) in [6.07, 6.45) is 7.03. The quantitative estimate of drug-likeness (QED) is 0.671. The van der Waals surface area contributed by atoms with Crippen molar-refractivity contribution >= 4 is 12.4 Å². The minimum atomic E-state index is 0. The number of halogens is 1. The summed E-state index contributed by atoms with van der Waals surface area (Å²) < 4.78 is 0. The van der Waals surface area contributed by atoms with Crippen LogP contribution in [0.2, 0.25) is 0 Å². The average Bonchev–Trinajstić information content (AvgIpc) is 2.03. The first-order valence-corrected chi connectivity index (χ1v) is 4.19. The Balaban J connectivity index is 0.000001000. The van der Waals surface area contributed by atoms with Gasteiger partial charge in [0.05, 0.1) is 7.11 Å². The molecule has 0 bridgehead atoms. The minimum Gasteiger partial charge on any atom is -0.305 e. The summed E-state index contributed by atoms with van der Waals surface area (Å²) >= 11 is 0. The zero-order valence-electron chi connectivity index (χ0n) is 7.14. The van der Waals surface area contributed by atoms with Gasteiger partial charge in [-0.1, -0.05) is 19.3 Å². The molecule has 0 heterocycles. The summed E-state index contributed by atoms with van der Waals surface area (Å²) in [5.74, 6) is 0.869. The van der Waals surface area contributed by atoms with Gasteiger partial charge < -0.3 is 4.84 Å². The van der Waals surface area contributed by atoms with Gasteiger partial charge in [-0.2, -0.15) is 0 Å². The van der Waals surface area contributed by atoms with Gasteiger partial charge in [0, 0.05) is 6.54 Å². The Morgan fingerprint density at radius 1 is 1.27 bits per heavy atom. The topological polar surface area (TPSA) is 21.3 Å². The Morgan fingerprint density at radius 2 is 1.91 bits per heavy atom. The van der Waals surface area contributed by atoms with Crippen molar-refractivity contribution in [2.45, 2.75) is 32.1 Å². The predicted octanol–water partition coefficient (Wildman–Crippen LogP) is 2.14. The average molecular weight is 180 g/mol. The highest BCUT2D eigenvalue weighted by atomic mass is 35.5. The molecule has 0 atom stereocenters. The van der Waals surface area contributed by atoms with Crippen LogP contribution < -0.4 is 5.48 Å². The molecule has 0 unspecified atom stereocenters. The molecule has 0 amide bonds. The van der Waals surface area contributed by atoms with E-state index < -0.39 is 0 Å². The van der Waals surface area contributed by atoms with E-state index in [0.717, 1.165) is 12.5 Å². The van der Waals surface area contributed by atoms with E-state index in [1.165, 1.54) is 32.1 Å². The standard InChI is InChI=1S/C8H17NO.ClH/c1-10-9-7-8-5-3-2-4-6-8;/h8-9H,2-7H2,1H3;1H. The molecule has 68 valence electrons. The van der Waals surface area contributed by atoms with Gasteiger partial charge in [-0.15, -0.1) is 12.4 Å². The van der Waals surface area contributed by atoms with Gasteiger partial charge in [0.25, 0.3) is 0 Å². The first kappa shape index (κ1) is 11.2. The van der Waals surface area contributed by atoms with Crippen molar-refractivity contribution in [1.29, 1.82) is 0 Å². The molecule has 0 aliphatic heterocycles. The van der Waals surface area contributed by atoms with Crippen molar-refractivity contribution in [2.24, 2.45) is 5.92 Å². The van der Waals surface area contributed by atoms with Crippen LogP contribution in [0, 0.1) is 5.92 Å². The SMILES string of the molecule is CONCC1CCCCC1.Cl. The fourth-order valence-corrected chi connectivity index (χ4v) is 1.59. The maximum atomic E-state index is 4.79. The number of hydrogen-bond donors (Lipinski definition) is 1. The van der Waals surface area contributed by atoms with Crippen LogP contribution in [-0.4, -0.2) is 13.7 Å². The Bertz CT molecular complexity index is 84.2. The molecule has 1 saturated carbocycles. The second-order valence-electron chi connectivity index (χ2n) is 3.06. The molecule has 1 fully saturated rings. The third-order valence-electron chi connectivity index (χ3n) is 2.24. The number of rotatable bonds is 3. The lowest BCUT2D eigenvalue weighted by Crippen LogP contribution is -2.23. The molecule has 3 heteroatoms. The first-order chi connectivity index (χ1) is 4.93. The molecular formula is C8H18ClNO. The van der Waals surface area contributed by atoms with Crippen molar-refractivity contribution < 1.29 is 4.84 Å². The summed E-state index contributed by atoms with van der Waals surface area (Å²) in [7, 11) is 1.68. The molecule has 0 aromatic heterocycles. The molecule has 0 radical (unpaired) electrons. The zero-order chi connectivity index (χ0) is 7.23. The monoisotopic (exact) mass is 179 g/mol. The summed E-state index contributed by atoms with van der Waals surface area (Å²) in [6.45, 7) is 1.04. The molecule has 1 aliphatic rings. The zero-order valence-corrected chi connectivity index (χ0v) is 7.95. The van der Waals surface area contributed by atoms with Gasteiger partial charge in [-0.3, -0.25) is 0 Å². The van der Waals surface area contributed by atoms with Crippen molar-refractivity contribution in [3.05, 3.63) is 0 Å². The number of hydroxylamine groups is 1. The molecule has 1 aliphatic carbocycles. The van der Waals surface area contributed by atoms with E-state index in [-0.39, 0.29) is 12.4 Å². The van der Waals surface area contributed by atoms with Crippen molar-refractivity contribution in [3.63, 3.8) is 0 Å². The lowest BCUT2D eigenvalue weighted by Gasteiger charge is -2.20. The van der Waals surface area contributed by atoms with E-state index in [4.69, 9.17) is 4.84 Å². The molecule has 2 nitrogen and oxygen atoms in total. The van der Waals surface area contributed by atoms with Gasteiger partial charge in [0.1, 0.15) is 0 Å². The summed E-state index contributed by atoms with van der Waals surface area (Å²) in [6, 6.07) is 0. The van der Waals surface area contributed by atoms with E-state index >= 15 is 0 Å². The van der Waals surface area contributed by atoms with Crippen molar-refractivity contribution in [3.8, 4) is 0 Å². The molecule has 1 rings (SSSR count). The van der Waals surface area contributed by atoms with Crippen LogP contribution in [0.4, 0.5) is 0 Å². The van der Waals surface area contributed by atoms with Gasteiger partial charge in [0.2, 0.25) is 0 Å². The highest BCUT2D eigenvalue weighted by Gasteiger charge is 2.11. The van der Waals surface area contributed by atoms with Crippen LogP contribution >= 0.6 is 12.4 Å². The Morgan fingerprint density at radius 3 is 2.45 bits per heavy atom. The summed E-state index contributed by atoms with van der Waals surface area (Å²) in [5, 5.41) is 0. The van der Waals surface area contributed by atoms with Gasteiger partial charge in [-0.05, 0) is 18.8 Å². The van der Waals surface area contributed by atoms with Crippen molar-refractivity contribution in [1.82, 2.24) is 5.48 Å². The van der Waals surface area contributed by atoms with Crippen LogP contribution in [0.25, 0.3) is 0 Å². The molecule has 0 aromatic rings. The van der Waals surface area contributed by atoms with Crippen LogP contribution in [0.5, 0.6) is 0 Å². The smallest absolute Gasteiger partial charge is 0.0572 e. The summed E-state index contributed by atoms with van der Waals surface area (Å²) in [5.41, 5.74) is 2.92. The van der Waals surface area contributed by atoms with E-state index in [1.54, 1.807) is 7.11 Å². The number of hydrogen-bond acceptors (Lipinski definition) is 2. The maximum absolute atomic E-state index is 4.79. The fraction of sp³-hybridized carbons (Fsp3) is 1.00.